The van der Waals surface area contributed by atoms with Crippen molar-refractivity contribution in [3.8, 4) is 0 Å². The van der Waals surface area contributed by atoms with Crippen LogP contribution in [0.4, 0.5) is 0 Å². The van der Waals surface area contributed by atoms with Crippen LogP contribution in [0.2, 0.25) is 0 Å². The molecule has 0 bridgehead atoms. The lowest BCUT2D eigenvalue weighted by atomic mass is 10.2. The van der Waals surface area contributed by atoms with E-state index >= 15 is 0 Å². The van der Waals surface area contributed by atoms with Crippen LogP contribution >= 0.6 is 23.1 Å². The van der Waals surface area contributed by atoms with Gasteiger partial charge in [-0.3, -0.25) is 0 Å². The number of aliphatic hydroxyl groups excluding tert-OH is 1. The zero-order valence-corrected chi connectivity index (χ0v) is 9.03. The number of aromatic nitrogens is 1. The molecular formula is C9H13NOS2. The maximum Gasteiger partial charge on any atom is 0.106 e. The van der Waals surface area contributed by atoms with Gasteiger partial charge in [-0.25, -0.2) is 4.98 Å². The van der Waals surface area contributed by atoms with Crippen LogP contribution in [0.5, 0.6) is 0 Å². The third-order valence-corrected chi connectivity index (χ3v) is 4.68. The Morgan fingerprint density at radius 3 is 3.23 bits per heavy atom. The fourth-order valence-corrected chi connectivity index (χ4v) is 3.86. The summed E-state index contributed by atoms with van der Waals surface area (Å²) in [4.78, 5) is 4.52. The topological polar surface area (TPSA) is 33.1 Å². The lowest BCUT2D eigenvalue weighted by Crippen LogP contribution is -1.92. The average Bonchev–Trinajstić information content (AvgIpc) is 2.70. The van der Waals surface area contributed by atoms with E-state index in [9.17, 15) is 0 Å². The molecular weight excluding hydrogens is 202 g/mol. The Kier molecular flexibility index (Phi) is 3.24. The molecule has 1 saturated heterocycles. The maximum atomic E-state index is 8.75. The van der Waals surface area contributed by atoms with Crippen molar-refractivity contribution in [3.05, 3.63) is 16.1 Å². The van der Waals surface area contributed by atoms with Crippen molar-refractivity contribution in [2.45, 2.75) is 24.5 Å². The van der Waals surface area contributed by atoms with E-state index in [4.69, 9.17) is 5.11 Å². The fraction of sp³-hybridized carbons (Fsp3) is 0.667. The van der Waals surface area contributed by atoms with Crippen LogP contribution in [-0.2, 0) is 6.42 Å². The number of hydrogen-bond acceptors (Lipinski definition) is 4. The van der Waals surface area contributed by atoms with Gasteiger partial charge < -0.3 is 5.11 Å². The van der Waals surface area contributed by atoms with Crippen molar-refractivity contribution >= 4 is 23.1 Å². The Balaban J connectivity index is 2.03. The lowest BCUT2D eigenvalue weighted by molar-refractivity contribution is 0.298. The quantitative estimate of drug-likeness (QED) is 0.839. The average molecular weight is 215 g/mol. The molecule has 0 aromatic carbocycles. The molecule has 1 unspecified atom stereocenters. The first kappa shape index (κ1) is 9.49. The van der Waals surface area contributed by atoms with Gasteiger partial charge in [0.25, 0.3) is 0 Å². The van der Waals surface area contributed by atoms with Crippen LogP contribution in [0.1, 0.15) is 28.8 Å². The Hall–Kier alpha value is -0.0600. The molecule has 1 aliphatic rings. The zero-order valence-electron chi connectivity index (χ0n) is 7.40. The summed E-state index contributed by atoms with van der Waals surface area (Å²) in [5.41, 5.74) is 1.05. The molecule has 1 fully saturated rings. The minimum absolute atomic E-state index is 0.209. The van der Waals surface area contributed by atoms with Gasteiger partial charge >= 0.3 is 0 Å². The number of aliphatic hydroxyl groups is 1. The molecule has 1 aliphatic heterocycles. The van der Waals surface area contributed by atoms with Gasteiger partial charge in [-0.15, -0.1) is 11.3 Å². The number of nitrogens with zero attached hydrogens (tertiary/aromatic N) is 1. The normalized spacial score (nSPS) is 22.4. The molecule has 1 N–H and O–H groups in total. The van der Waals surface area contributed by atoms with Gasteiger partial charge in [0.15, 0.2) is 0 Å². The van der Waals surface area contributed by atoms with Crippen LogP contribution in [0.3, 0.4) is 0 Å². The Morgan fingerprint density at radius 2 is 2.54 bits per heavy atom. The summed E-state index contributed by atoms with van der Waals surface area (Å²) in [7, 11) is 0. The molecule has 1 aromatic heterocycles. The third kappa shape index (κ3) is 2.24. The van der Waals surface area contributed by atoms with Gasteiger partial charge in [0.05, 0.1) is 10.9 Å². The molecule has 0 spiro atoms. The molecule has 1 aromatic rings. The second kappa shape index (κ2) is 4.44. The van der Waals surface area contributed by atoms with Crippen molar-refractivity contribution in [1.29, 1.82) is 0 Å². The molecule has 13 heavy (non-hydrogen) atoms. The highest BCUT2D eigenvalue weighted by atomic mass is 32.2. The first-order valence-electron chi connectivity index (χ1n) is 4.57. The highest BCUT2D eigenvalue weighted by Crippen LogP contribution is 2.40. The first-order valence-corrected chi connectivity index (χ1v) is 6.50. The lowest BCUT2D eigenvalue weighted by Gasteiger charge is -2.01. The smallest absolute Gasteiger partial charge is 0.106 e. The largest absolute Gasteiger partial charge is 0.396 e. The van der Waals surface area contributed by atoms with E-state index in [1.54, 1.807) is 11.3 Å². The predicted molar refractivity (Wildman–Crippen MR) is 57.3 cm³/mol. The third-order valence-electron chi connectivity index (χ3n) is 2.14. The summed E-state index contributed by atoms with van der Waals surface area (Å²) < 4.78 is 0. The minimum atomic E-state index is 0.209. The second-order valence-electron chi connectivity index (χ2n) is 3.15. The maximum absolute atomic E-state index is 8.75. The Labute approximate surface area is 86.4 Å². The second-order valence-corrected chi connectivity index (χ2v) is 5.35. The molecule has 1 atom stereocenters. The summed E-state index contributed by atoms with van der Waals surface area (Å²) in [6.07, 6.45) is 3.30. The van der Waals surface area contributed by atoms with Gasteiger partial charge in [-0.1, -0.05) is 0 Å². The monoisotopic (exact) mass is 215 g/mol. The van der Waals surface area contributed by atoms with Gasteiger partial charge in [0.2, 0.25) is 0 Å². The van der Waals surface area contributed by atoms with E-state index in [1.165, 1.54) is 23.6 Å². The molecule has 0 radical (unpaired) electrons. The molecule has 72 valence electrons. The number of hydrogen-bond donors (Lipinski definition) is 1. The summed E-state index contributed by atoms with van der Waals surface area (Å²) in [6.45, 7) is 0.209. The van der Waals surface area contributed by atoms with Gasteiger partial charge in [0.1, 0.15) is 5.01 Å². The summed E-state index contributed by atoms with van der Waals surface area (Å²) in [5.74, 6) is 1.28. The van der Waals surface area contributed by atoms with Crippen molar-refractivity contribution in [3.63, 3.8) is 0 Å². The number of thiazole rings is 1. The number of thioether (sulfide) groups is 1. The van der Waals surface area contributed by atoms with E-state index < -0.39 is 0 Å². The Bertz CT molecular complexity index is 268. The fourth-order valence-electron chi connectivity index (χ4n) is 1.47. The van der Waals surface area contributed by atoms with Gasteiger partial charge in [-0.05, 0) is 18.6 Å². The van der Waals surface area contributed by atoms with Crippen LogP contribution in [0.25, 0.3) is 0 Å². The highest BCUT2D eigenvalue weighted by molar-refractivity contribution is 7.99. The zero-order chi connectivity index (χ0) is 9.10. The van der Waals surface area contributed by atoms with Crippen LogP contribution in [0, 0.1) is 0 Å². The van der Waals surface area contributed by atoms with Crippen molar-refractivity contribution in [2.24, 2.45) is 0 Å². The van der Waals surface area contributed by atoms with Crippen molar-refractivity contribution in [2.75, 3.05) is 12.4 Å². The van der Waals surface area contributed by atoms with Crippen LogP contribution < -0.4 is 0 Å². The summed E-state index contributed by atoms with van der Waals surface area (Å²) >= 11 is 3.76. The van der Waals surface area contributed by atoms with E-state index in [2.05, 4.69) is 10.4 Å². The molecule has 0 aliphatic carbocycles. The van der Waals surface area contributed by atoms with Crippen LogP contribution in [0.15, 0.2) is 5.38 Å². The molecule has 2 heterocycles. The summed E-state index contributed by atoms with van der Waals surface area (Å²) in [5, 5.41) is 12.7. The van der Waals surface area contributed by atoms with E-state index in [-0.39, 0.29) is 6.61 Å². The molecule has 0 amide bonds. The highest BCUT2D eigenvalue weighted by Gasteiger charge is 2.20. The van der Waals surface area contributed by atoms with Crippen molar-refractivity contribution in [1.82, 2.24) is 4.98 Å². The minimum Gasteiger partial charge on any atom is -0.396 e. The summed E-state index contributed by atoms with van der Waals surface area (Å²) in [6, 6.07) is 0. The van der Waals surface area contributed by atoms with Crippen molar-refractivity contribution < 1.29 is 5.11 Å². The first-order chi connectivity index (χ1) is 6.40. The SMILES string of the molecule is OCCc1csc(C2CCCS2)n1. The molecule has 0 saturated carbocycles. The molecule has 2 rings (SSSR count). The molecule has 4 heteroatoms. The standard InChI is InChI=1S/C9H13NOS2/c11-4-3-7-6-13-9(10-7)8-2-1-5-12-8/h6,8,11H,1-5H2. The molecule has 2 nitrogen and oxygen atoms in total. The van der Waals surface area contributed by atoms with Gasteiger partial charge in [0, 0.05) is 18.4 Å². The Morgan fingerprint density at radius 1 is 1.62 bits per heavy atom. The van der Waals surface area contributed by atoms with E-state index in [0.717, 1.165) is 5.69 Å². The number of rotatable bonds is 3. The van der Waals surface area contributed by atoms with Gasteiger partial charge in [-0.2, -0.15) is 11.8 Å². The van der Waals surface area contributed by atoms with E-state index in [1.807, 2.05) is 11.8 Å². The van der Waals surface area contributed by atoms with Crippen LogP contribution in [-0.4, -0.2) is 22.5 Å². The predicted octanol–water partition coefficient (Wildman–Crippen LogP) is 2.25. The van der Waals surface area contributed by atoms with E-state index in [0.29, 0.717) is 11.7 Å².